The molecule has 0 spiro atoms. The molecule has 2 amide bonds. The van der Waals surface area contributed by atoms with Gasteiger partial charge in [0.05, 0.1) is 74.8 Å². The Kier molecular flexibility index (Phi) is 17.7. The first-order valence-electron chi connectivity index (χ1n) is 24.7. The molecule has 19 nitrogen and oxygen atoms in total. The van der Waals surface area contributed by atoms with E-state index in [9.17, 15) is 19.5 Å². The zero-order valence-electron chi connectivity index (χ0n) is 39.8. The number of ether oxygens (including phenoxy) is 4. The second-order valence-electron chi connectivity index (χ2n) is 18.2. The van der Waals surface area contributed by atoms with Gasteiger partial charge in [0, 0.05) is 95.3 Å². The largest absolute Gasteiger partial charge is 0.393 e. The van der Waals surface area contributed by atoms with Crippen LogP contribution < -0.4 is 16.3 Å². The van der Waals surface area contributed by atoms with Crippen molar-refractivity contribution in [3.63, 3.8) is 0 Å². The number of rotatable bonds is 25. The molecule has 68 heavy (non-hydrogen) atoms. The van der Waals surface area contributed by atoms with Crippen LogP contribution in [0.25, 0.3) is 33.3 Å². The molecule has 0 unspecified atom stereocenters. The van der Waals surface area contributed by atoms with Crippen molar-refractivity contribution in [2.75, 3.05) is 97.4 Å². The summed E-state index contributed by atoms with van der Waals surface area (Å²) in [6, 6.07) is 9.58. The number of nitrogens with zero attached hydrogens (tertiary/aromatic N) is 9. The number of piperidine rings is 1. The minimum Gasteiger partial charge on any atom is -0.393 e. The van der Waals surface area contributed by atoms with Crippen LogP contribution in [0, 0.1) is 0 Å². The summed E-state index contributed by atoms with van der Waals surface area (Å²) >= 11 is 0. The number of hydrogen-bond acceptors (Lipinski definition) is 15. The van der Waals surface area contributed by atoms with Gasteiger partial charge >= 0.3 is 5.69 Å². The molecule has 3 aliphatic rings. The Bertz CT molecular complexity index is 2470. The predicted octanol–water partition coefficient (Wildman–Crippen LogP) is 4.02. The maximum atomic E-state index is 13.0. The monoisotopic (exact) mass is 940 g/mol. The molecule has 6 heterocycles. The summed E-state index contributed by atoms with van der Waals surface area (Å²) in [7, 11) is 1.70. The number of imidazole rings is 1. The second kappa shape index (κ2) is 24.4. The van der Waals surface area contributed by atoms with Gasteiger partial charge in [-0.1, -0.05) is 19.4 Å². The highest BCUT2D eigenvalue weighted by Crippen LogP contribution is 2.36. The number of hydrogen-bond donors (Lipinski definition) is 3. The molecule has 1 saturated carbocycles. The van der Waals surface area contributed by atoms with E-state index < -0.39 is 11.9 Å². The lowest BCUT2D eigenvalue weighted by Gasteiger charge is -2.34. The summed E-state index contributed by atoms with van der Waals surface area (Å²) in [5.41, 5.74) is 5.90. The Morgan fingerprint density at radius 1 is 0.809 bits per heavy atom. The van der Waals surface area contributed by atoms with Crippen LogP contribution in [0.2, 0.25) is 0 Å². The standard InChI is InChI=1S/C49H69N11O8/c1-3-4-17-50-48-51-32-39-40(34-59(46(39)53-48)37-9-11-38(61)12-10-37)41-13-8-36(54-55-41)33-58-20-18-57(19-21-58)22-24-66-26-28-68-30-29-67-27-25-65-23-5-6-35-7-14-42-44(31-35)56(2)49(64)60(42)43-15-16-45(62)52-47(43)63/h7-8,13-14,31-32,34,37-38,43,61H,3-6,9-12,15-30,33H2,1-2H3,(H,50,51,53)(H,52,62,63)/t37-,38-,43-/m0/s1. The normalized spacial score (nSPS) is 19.6. The first-order valence-corrected chi connectivity index (χ1v) is 24.7. The van der Waals surface area contributed by atoms with Gasteiger partial charge in [0.15, 0.2) is 0 Å². The third-order valence-corrected chi connectivity index (χ3v) is 13.4. The van der Waals surface area contributed by atoms with Gasteiger partial charge in [0.1, 0.15) is 11.7 Å². The third-order valence-electron chi connectivity index (χ3n) is 13.4. The van der Waals surface area contributed by atoms with Gasteiger partial charge in [-0.25, -0.2) is 9.78 Å². The van der Waals surface area contributed by atoms with Crippen molar-refractivity contribution >= 4 is 39.8 Å². The highest BCUT2D eigenvalue weighted by atomic mass is 16.6. The number of unbranched alkanes of at least 4 members (excludes halogenated alkanes) is 1. The molecule has 19 heteroatoms. The van der Waals surface area contributed by atoms with Gasteiger partial charge in [0.25, 0.3) is 0 Å². The molecule has 0 bridgehead atoms. The van der Waals surface area contributed by atoms with Gasteiger partial charge in [-0.2, -0.15) is 15.2 Å². The lowest BCUT2D eigenvalue weighted by molar-refractivity contribution is -0.135. The van der Waals surface area contributed by atoms with Gasteiger partial charge in [-0.05, 0) is 81.2 Å². The van der Waals surface area contributed by atoms with E-state index in [-0.39, 0.29) is 30.2 Å². The van der Waals surface area contributed by atoms with E-state index >= 15 is 0 Å². The molecule has 3 fully saturated rings. The predicted molar refractivity (Wildman–Crippen MR) is 257 cm³/mol. The molecule has 368 valence electrons. The summed E-state index contributed by atoms with van der Waals surface area (Å²) in [5.74, 6) is -0.0963. The Hall–Kier alpha value is -5.15. The Labute approximate surface area is 397 Å². The van der Waals surface area contributed by atoms with Crippen molar-refractivity contribution in [3.05, 3.63) is 64.5 Å². The van der Waals surface area contributed by atoms with Crippen LogP contribution in [0.15, 0.2) is 47.5 Å². The molecule has 3 N–H and O–H groups in total. The lowest BCUT2D eigenvalue weighted by atomic mass is 9.93. The maximum Gasteiger partial charge on any atom is 0.329 e. The number of amides is 2. The zero-order chi connectivity index (χ0) is 47.2. The average Bonchev–Trinajstić information content (AvgIpc) is 3.84. The van der Waals surface area contributed by atoms with E-state index in [4.69, 9.17) is 29.0 Å². The fourth-order valence-corrected chi connectivity index (χ4v) is 9.43. The van der Waals surface area contributed by atoms with Crippen molar-refractivity contribution in [2.24, 2.45) is 7.05 Å². The zero-order valence-corrected chi connectivity index (χ0v) is 39.8. The molecule has 5 aromatic rings. The summed E-state index contributed by atoms with van der Waals surface area (Å²) in [6.45, 7) is 12.8. The smallest absolute Gasteiger partial charge is 0.329 e. The Balaban J connectivity index is 0.651. The molecule has 0 radical (unpaired) electrons. The summed E-state index contributed by atoms with van der Waals surface area (Å²) in [4.78, 5) is 51.5. The van der Waals surface area contributed by atoms with E-state index in [1.807, 2.05) is 24.4 Å². The van der Waals surface area contributed by atoms with Crippen LogP contribution in [0.1, 0.15) is 88.1 Å². The number of fused-ring (bicyclic) bond motifs is 2. The van der Waals surface area contributed by atoms with Crippen LogP contribution in [-0.4, -0.2) is 159 Å². The van der Waals surface area contributed by atoms with Crippen molar-refractivity contribution in [1.82, 2.24) is 49.0 Å². The van der Waals surface area contributed by atoms with E-state index in [0.717, 1.165) is 136 Å². The lowest BCUT2D eigenvalue weighted by Crippen LogP contribution is -2.46. The fraction of sp³-hybridized carbons (Fsp3) is 0.612. The number of carbonyl (C=O) groups is 2. The quantitative estimate of drug-likeness (QED) is 0.0559. The number of aliphatic hydroxyl groups is 1. The topological polar surface area (TPSA) is 205 Å². The van der Waals surface area contributed by atoms with E-state index in [1.165, 1.54) is 4.57 Å². The van der Waals surface area contributed by atoms with Crippen LogP contribution in [0.3, 0.4) is 0 Å². The van der Waals surface area contributed by atoms with E-state index in [1.54, 1.807) is 11.6 Å². The minimum absolute atomic E-state index is 0.214. The number of aromatic nitrogens is 7. The third kappa shape index (κ3) is 12.7. The molecular formula is C49H69N11O8. The number of nitrogens with one attached hydrogen (secondary N) is 2. The second-order valence-corrected chi connectivity index (χ2v) is 18.2. The molecule has 1 aromatic carbocycles. The number of anilines is 1. The number of aryl methyl sites for hydroxylation is 2. The summed E-state index contributed by atoms with van der Waals surface area (Å²) < 4.78 is 28.3. The fourth-order valence-electron chi connectivity index (χ4n) is 9.43. The van der Waals surface area contributed by atoms with Crippen molar-refractivity contribution in [1.29, 1.82) is 0 Å². The molecule has 2 saturated heterocycles. The number of aliphatic hydroxyl groups excluding tert-OH is 1. The molecule has 1 atom stereocenters. The molecule has 8 rings (SSSR count). The van der Waals surface area contributed by atoms with Crippen LogP contribution in [0.5, 0.6) is 0 Å². The Morgan fingerprint density at radius 3 is 2.24 bits per heavy atom. The number of carbonyl (C=O) groups excluding carboxylic acids is 2. The number of imide groups is 1. The molecular weight excluding hydrogens is 871 g/mol. The van der Waals surface area contributed by atoms with Crippen LogP contribution >= 0.6 is 0 Å². The van der Waals surface area contributed by atoms with E-state index in [2.05, 4.69) is 60.3 Å². The van der Waals surface area contributed by atoms with E-state index in [0.29, 0.717) is 70.7 Å². The van der Waals surface area contributed by atoms with Crippen LogP contribution in [-0.2, 0) is 48.5 Å². The highest BCUT2D eigenvalue weighted by molar-refractivity contribution is 6.00. The highest BCUT2D eigenvalue weighted by Gasteiger charge is 2.31. The van der Waals surface area contributed by atoms with Crippen molar-refractivity contribution in [3.8, 4) is 11.3 Å². The van der Waals surface area contributed by atoms with Gasteiger partial charge < -0.3 is 33.9 Å². The van der Waals surface area contributed by atoms with Gasteiger partial charge in [-0.15, -0.1) is 0 Å². The van der Waals surface area contributed by atoms with Gasteiger partial charge in [0.2, 0.25) is 17.8 Å². The number of piperazine rings is 1. The first kappa shape index (κ1) is 49.3. The first-order chi connectivity index (χ1) is 33.2. The van der Waals surface area contributed by atoms with Crippen molar-refractivity contribution < 1.29 is 33.6 Å². The minimum atomic E-state index is -0.690. The summed E-state index contributed by atoms with van der Waals surface area (Å²) in [6.07, 6.45) is 11.6. The summed E-state index contributed by atoms with van der Waals surface area (Å²) in [5, 5.41) is 26.2. The molecule has 1 aliphatic carbocycles. The maximum absolute atomic E-state index is 13.0. The van der Waals surface area contributed by atoms with Crippen LogP contribution in [0.4, 0.5) is 5.95 Å². The SMILES string of the molecule is CCCCNc1ncc2c(-c3ccc(CN4CCN(CCOCCOCCOCCOCCCc5ccc6c(c5)n(C)c(=O)n6[C@H]5CCC(=O)NC5=O)CC4)nn3)cn([C@H]3CC[C@H](O)CC3)c2n1. The van der Waals surface area contributed by atoms with Crippen molar-refractivity contribution in [2.45, 2.75) is 95.9 Å². The molecule has 4 aromatic heterocycles. The number of benzene rings is 1. The average molecular weight is 940 g/mol. The Morgan fingerprint density at radius 2 is 1.53 bits per heavy atom. The molecule has 2 aliphatic heterocycles. The van der Waals surface area contributed by atoms with Gasteiger partial charge in [-0.3, -0.25) is 33.8 Å².